The number of carbonyl (C=O) groups excluding carboxylic acids is 2. The minimum absolute atomic E-state index is 0.294. The zero-order chi connectivity index (χ0) is 14.6. The van der Waals surface area contributed by atoms with Gasteiger partial charge < -0.3 is 4.74 Å². The Labute approximate surface area is 103 Å². The molecular formula is C12H11ClO3. The number of halogens is 1. The van der Waals surface area contributed by atoms with E-state index in [4.69, 9.17) is 15.7 Å². The smallest absolute Gasteiger partial charge is 0.341 e. The van der Waals surface area contributed by atoms with Crippen LogP contribution in [-0.4, -0.2) is 18.9 Å². The monoisotopic (exact) mass is 241 g/mol. The summed E-state index contributed by atoms with van der Waals surface area (Å²) >= 11 is 5.89. The van der Waals surface area contributed by atoms with Crippen molar-refractivity contribution >= 4 is 29.4 Å². The molecule has 0 atom stereocenters. The number of Topliss-reactive ketones (excluding diaryl/α,β-unsaturated/α-hetero) is 1. The van der Waals surface area contributed by atoms with Crippen LogP contribution < -0.4 is 0 Å². The number of ketones is 1. The third-order valence-corrected chi connectivity index (χ3v) is 2.20. The largest absolute Gasteiger partial charge is 0.465 e. The summed E-state index contributed by atoms with van der Waals surface area (Å²) < 4.78 is 25.6. The van der Waals surface area contributed by atoms with Gasteiger partial charge in [-0.15, -0.1) is 0 Å². The quantitative estimate of drug-likeness (QED) is 0.353. The second-order valence-electron chi connectivity index (χ2n) is 2.90. The van der Waals surface area contributed by atoms with Crippen LogP contribution in [0.5, 0.6) is 0 Å². The molecule has 0 N–H and O–H groups in total. The van der Waals surface area contributed by atoms with Crippen molar-refractivity contribution in [1.29, 1.82) is 0 Å². The number of esters is 1. The standard InChI is InChI=1S/C12H11ClO3/c1-8(14)10(12(15)16-2)7-9-5-3-4-6-11(9)13/h3-7H,1-2H3/i1D3. The van der Waals surface area contributed by atoms with Gasteiger partial charge in [-0.3, -0.25) is 4.79 Å². The fraction of sp³-hybridized carbons (Fsp3) is 0.167. The van der Waals surface area contributed by atoms with Crippen molar-refractivity contribution in [2.24, 2.45) is 0 Å². The fourth-order valence-electron chi connectivity index (χ4n) is 1.07. The second-order valence-corrected chi connectivity index (χ2v) is 3.31. The molecule has 0 amide bonds. The first-order valence-electron chi connectivity index (χ1n) is 5.86. The highest BCUT2D eigenvalue weighted by molar-refractivity contribution is 6.32. The number of ether oxygens (including phenoxy) is 1. The lowest BCUT2D eigenvalue weighted by molar-refractivity contribution is -0.137. The molecule has 0 aliphatic rings. The molecule has 0 bridgehead atoms. The third-order valence-electron chi connectivity index (χ3n) is 1.85. The van der Waals surface area contributed by atoms with Crippen molar-refractivity contribution in [2.45, 2.75) is 6.85 Å². The summed E-state index contributed by atoms with van der Waals surface area (Å²) in [5.41, 5.74) is -0.197. The lowest BCUT2D eigenvalue weighted by Crippen LogP contribution is -2.11. The van der Waals surface area contributed by atoms with Crippen LogP contribution in [0.3, 0.4) is 0 Å². The van der Waals surface area contributed by atoms with E-state index in [1.54, 1.807) is 24.3 Å². The Kier molecular flexibility index (Phi) is 2.92. The van der Waals surface area contributed by atoms with Gasteiger partial charge in [0.05, 0.1) is 7.11 Å². The molecule has 16 heavy (non-hydrogen) atoms. The summed E-state index contributed by atoms with van der Waals surface area (Å²) in [5, 5.41) is 0.294. The Hall–Kier alpha value is -1.61. The molecule has 1 rings (SSSR count). The molecule has 0 spiro atoms. The first-order valence-corrected chi connectivity index (χ1v) is 4.74. The van der Waals surface area contributed by atoms with Crippen LogP contribution in [0.4, 0.5) is 0 Å². The van der Waals surface area contributed by atoms with Crippen LogP contribution in [0.15, 0.2) is 29.8 Å². The van der Waals surface area contributed by atoms with E-state index in [1.165, 1.54) is 0 Å². The van der Waals surface area contributed by atoms with Gasteiger partial charge >= 0.3 is 5.97 Å². The van der Waals surface area contributed by atoms with Gasteiger partial charge in [0.25, 0.3) is 0 Å². The van der Waals surface area contributed by atoms with Crippen molar-refractivity contribution in [3.63, 3.8) is 0 Å². The Bertz CT molecular complexity index is 535. The van der Waals surface area contributed by atoms with E-state index < -0.39 is 24.2 Å². The molecule has 0 fully saturated rings. The predicted molar refractivity (Wildman–Crippen MR) is 62.1 cm³/mol. The Morgan fingerprint density at radius 1 is 1.44 bits per heavy atom. The fourth-order valence-corrected chi connectivity index (χ4v) is 1.27. The summed E-state index contributed by atoms with van der Waals surface area (Å²) in [6.07, 6.45) is 1.11. The van der Waals surface area contributed by atoms with Crippen LogP contribution >= 0.6 is 11.6 Å². The molecule has 0 radical (unpaired) electrons. The highest BCUT2D eigenvalue weighted by Crippen LogP contribution is 2.18. The molecule has 3 nitrogen and oxygen atoms in total. The van der Waals surface area contributed by atoms with Crippen molar-refractivity contribution in [1.82, 2.24) is 0 Å². The molecular weight excluding hydrogens is 228 g/mol. The third kappa shape index (κ3) is 2.94. The minimum atomic E-state index is -2.92. The van der Waals surface area contributed by atoms with Gasteiger partial charge in [0, 0.05) is 9.13 Å². The summed E-state index contributed by atoms with van der Waals surface area (Å²) in [6, 6.07) is 6.43. The molecule has 0 heterocycles. The molecule has 1 aromatic rings. The van der Waals surface area contributed by atoms with Crippen LogP contribution in [-0.2, 0) is 14.3 Å². The highest BCUT2D eigenvalue weighted by Gasteiger charge is 2.15. The van der Waals surface area contributed by atoms with E-state index in [0.717, 1.165) is 13.2 Å². The summed E-state index contributed by atoms with van der Waals surface area (Å²) in [7, 11) is 1.07. The van der Waals surface area contributed by atoms with Gasteiger partial charge in [-0.25, -0.2) is 4.79 Å². The zero-order valence-electron chi connectivity index (χ0n) is 11.5. The van der Waals surface area contributed by atoms with Gasteiger partial charge in [0.15, 0.2) is 5.78 Å². The van der Waals surface area contributed by atoms with Crippen LogP contribution in [0.1, 0.15) is 16.5 Å². The molecule has 0 unspecified atom stereocenters. The van der Waals surface area contributed by atoms with E-state index in [2.05, 4.69) is 4.74 Å². The van der Waals surface area contributed by atoms with Crippen LogP contribution in [0.2, 0.25) is 5.02 Å². The molecule has 1 aromatic carbocycles. The predicted octanol–water partition coefficient (Wildman–Crippen LogP) is 2.49. The Balaban J connectivity index is 3.30. The lowest BCUT2D eigenvalue weighted by Gasteiger charge is -2.02. The average molecular weight is 242 g/mol. The molecule has 0 aliphatic carbocycles. The minimum Gasteiger partial charge on any atom is -0.465 e. The number of hydrogen-bond acceptors (Lipinski definition) is 3. The van der Waals surface area contributed by atoms with Crippen LogP contribution in [0, 0.1) is 0 Å². The van der Waals surface area contributed by atoms with E-state index in [9.17, 15) is 9.59 Å². The van der Waals surface area contributed by atoms with Crippen LogP contribution in [0.25, 0.3) is 6.08 Å². The van der Waals surface area contributed by atoms with Crippen molar-refractivity contribution in [3.8, 4) is 0 Å². The van der Waals surface area contributed by atoms with Gasteiger partial charge in [-0.2, -0.15) is 0 Å². The Morgan fingerprint density at radius 3 is 2.69 bits per heavy atom. The van der Waals surface area contributed by atoms with Crippen molar-refractivity contribution < 1.29 is 18.4 Å². The summed E-state index contributed by atoms with van der Waals surface area (Å²) in [6.45, 7) is -2.92. The molecule has 84 valence electrons. The normalized spacial score (nSPS) is 14.6. The average Bonchev–Trinajstić information content (AvgIpc) is 2.35. The number of rotatable bonds is 3. The number of carbonyl (C=O) groups is 2. The number of benzene rings is 1. The summed E-state index contributed by atoms with van der Waals surface area (Å²) in [5.74, 6) is -2.29. The molecule has 0 saturated carbocycles. The van der Waals surface area contributed by atoms with E-state index >= 15 is 0 Å². The maximum atomic E-state index is 11.7. The van der Waals surface area contributed by atoms with Crippen molar-refractivity contribution in [2.75, 3.05) is 7.11 Å². The Morgan fingerprint density at radius 2 is 2.12 bits per heavy atom. The zero-order valence-corrected chi connectivity index (χ0v) is 9.25. The second kappa shape index (κ2) is 5.47. The molecule has 0 saturated heterocycles. The summed E-state index contributed by atoms with van der Waals surface area (Å²) in [4.78, 5) is 23.2. The van der Waals surface area contributed by atoms with Crippen molar-refractivity contribution in [3.05, 3.63) is 40.4 Å². The van der Waals surface area contributed by atoms with Gasteiger partial charge in [0.1, 0.15) is 5.57 Å². The molecule has 4 heteroatoms. The number of methoxy groups -OCH3 is 1. The highest BCUT2D eigenvalue weighted by atomic mass is 35.5. The van der Waals surface area contributed by atoms with Gasteiger partial charge in [-0.1, -0.05) is 29.8 Å². The van der Waals surface area contributed by atoms with E-state index in [-0.39, 0.29) is 0 Å². The molecule has 0 aromatic heterocycles. The maximum Gasteiger partial charge on any atom is 0.341 e. The van der Waals surface area contributed by atoms with Gasteiger partial charge in [0.2, 0.25) is 0 Å². The maximum absolute atomic E-state index is 11.7. The van der Waals surface area contributed by atoms with E-state index in [0.29, 0.717) is 10.6 Å². The first kappa shape index (κ1) is 8.53. The van der Waals surface area contributed by atoms with Gasteiger partial charge in [-0.05, 0) is 24.6 Å². The first-order chi connectivity index (χ1) is 8.77. The van der Waals surface area contributed by atoms with E-state index in [1.807, 2.05) is 0 Å². The lowest BCUT2D eigenvalue weighted by atomic mass is 10.1. The molecule has 0 aliphatic heterocycles. The SMILES string of the molecule is [2H]C([2H])([2H])C(=O)C(=Cc1ccccc1Cl)C(=O)OC. The topological polar surface area (TPSA) is 43.4 Å². The number of hydrogen-bond donors (Lipinski definition) is 0.